The number of carboxylic acid groups (broad SMARTS) is 1. The molecule has 5 nitrogen and oxygen atoms in total. The van der Waals surface area contributed by atoms with Crippen molar-refractivity contribution in [1.29, 1.82) is 0 Å². The summed E-state index contributed by atoms with van der Waals surface area (Å²) < 4.78 is 40.3. The number of sulfone groups is 1. The molecule has 172 valence electrons. The Morgan fingerprint density at radius 1 is 0.939 bits per heavy atom. The van der Waals surface area contributed by atoms with Crippen LogP contribution in [0.4, 0.5) is 4.39 Å². The summed E-state index contributed by atoms with van der Waals surface area (Å²) in [6.45, 7) is 3.79. The van der Waals surface area contributed by atoms with E-state index in [0.717, 1.165) is 28.2 Å². The number of ketones is 1. The lowest BCUT2D eigenvalue weighted by Crippen LogP contribution is -2.27. The SMILES string of the molecule is Cc1ccc(SCC(CS(=O)(=O)c2ccc(C)cc2)C(=O)c2ccc(C(=O)O)c(F)c2)cc1. The Morgan fingerprint density at radius 2 is 1.52 bits per heavy atom. The molecule has 0 aliphatic heterocycles. The fraction of sp³-hybridized carbons (Fsp3) is 0.200. The van der Waals surface area contributed by atoms with Gasteiger partial charge in [0.25, 0.3) is 0 Å². The van der Waals surface area contributed by atoms with Crippen molar-refractivity contribution in [3.63, 3.8) is 0 Å². The van der Waals surface area contributed by atoms with E-state index >= 15 is 0 Å². The average Bonchev–Trinajstić information content (AvgIpc) is 2.77. The fourth-order valence-electron chi connectivity index (χ4n) is 3.22. The highest BCUT2D eigenvalue weighted by molar-refractivity contribution is 7.99. The predicted molar refractivity (Wildman–Crippen MR) is 126 cm³/mol. The van der Waals surface area contributed by atoms with Gasteiger partial charge in [0.15, 0.2) is 15.6 Å². The van der Waals surface area contributed by atoms with Crippen LogP contribution < -0.4 is 0 Å². The molecule has 0 aliphatic rings. The molecule has 1 unspecified atom stereocenters. The molecule has 3 aromatic carbocycles. The first kappa shape index (κ1) is 24.7. The third-order valence-corrected chi connectivity index (χ3v) is 8.13. The molecule has 33 heavy (non-hydrogen) atoms. The van der Waals surface area contributed by atoms with Gasteiger partial charge in [0, 0.05) is 22.1 Å². The van der Waals surface area contributed by atoms with Crippen molar-refractivity contribution in [1.82, 2.24) is 0 Å². The van der Waals surface area contributed by atoms with E-state index in [1.807, 2.05) is 38.1 Å². The van der Waals surface area contributed by atoms with E-state index in [2.05, 4.69) is 0 Å². The first-order valence-electron chi connectivity index (χ1n) is 10.1. The molecule has 0 radical (unpaired) electrons. The Bertz CT molecular complexity index is 1270. The molecule has 0 heterocycles. The fourth-order valence-corrected chi connectivity index (χ4v) is 5.90. The number of aryl methyl sites for hydroxylation is 2. The number of carbonyl (C=O) groups is 2. The largest absolute Gasteiger partial charge is 0.478 e. The lowest BCUT2D eigenvalue weighted by Gasteiger charge is -2.17. The molecule has 0 aromatic heterocycles. The van der Waals surface area contributed by atoms with E-state index in [9.17, 15) is 22.4 Å². The van der Waals surface area contributed by atoms with Crippen molar-refractivity contribution in [2.75, 3.05) is 11.5 Å². The minimum Gasteiger partial charge on any atom is -0.478 e. The highest BCUT2D eigenvalue weighted by atomic mass is 32.2. The Labute approximate surface area is 196 Å². The number of carboxylic acids is 1. The molecule has 0 aliphatic carbocycles. The van der Waals surface area contributed by atoms with Crippen LogP contribution in [0.5, 0.6) is 0 Å². The lowest BCUT2D eigenvalue weighted by atomic mass is 9.99. The number of carbonyl (C=O) groups excluding carboxylic acids is 1. The lowest BCUT2D eigenvalue weighted by molar-refractivity contribution is 0.0691. The van der Waals surface area contributed by atoms with Crippen molar-refractivity contribution in [2.45, 2.75) is 23.6 Å². The smallest absolute Gasteiger partial charge is 0.338 e. The molecular formula is C25H23FO5S2. The van der Waals surface area contributed by atoms with Crippen molar-refractivity contribution in [3.8, 4) is 0 Å². The second-order valence-corrected chi connectivity index (χ2v) is 10.9. The maximum atomic E-state index is 14.2. The van der Waals surface area contributed by atoms with Gasteiger partial charge in [0.05, 0.1) is 16.2 Å². The van der Waals surface area contributed by atoms with Crippen LogP contribution in [0.25, 0.3) is 0 Å². The molecule has 0 amide bonds. The maximum Gasteiger partial charge on any atom is 0.338 e. The second-order valence-electron chi connectivity index (χ2n) is 7.78. The highest BCUT2D eigenvalue weighted by Gasteiger charge is 2.29. The monoisotopic (exact) mass is 486 g/mol. The molecule has 3 rings (SSSR count). The quantitative estimate of drug-likeness (QED) is 0.330. The summed E-state index contributed by atoms with van der Waals surface area (Å²) >= 11 is 1.34. The van der Waals surface area contributed by atoms with Gasteiger partial charge in [-0.15, -0.1) is 11.8 Å². The van der Waals surface area contributed by atoms with Crippen molar-refractivity contribution < 1.29 is 27.5 Å². The zero-order valence-corrected chi connectivity index (χ0v) is 19.8. The molecule has 0 bridgehead atoms. The molecular weight excluding hydrogens is 463 g/mol. The predicted octanol–water partition coefficient (Wildman–Crippen LogP) is 5.21. The second kappa shape index (κ2) is 10.3. The number of halogens is 1. The van der Waals surface area contributed by atoms with Gasteiger partial charge in [0.2, 0.25) is 0 Å². The standard InChI is InChI=1S/C25H23FO5S2/c1-16-3-8-20(9-4-16)32-14-19(15-33(30,31)21-10-5-17(2)6-11-21)24(27)18-7-12-22(25(28)29)23(26)13-18/h3-13,19H,14-15H2,1-2H3,(H,28,29). The van der Waals surface area contributed by atoms with Crippen LogP contribution >= 0.6 is 11.8 Å². The summed E-state index contributed by atoms with van der Waals surface area (Å²) in [7, 11) is -3.79. The van der Waals surface area contributed by atoms with E-state index < -0.39 is 44.6 Å². The summed E-state index contributed by atoms with van der Waals surface area (Å²) in [5, 5.41) is 9.02. The Morgan fingerprint density at radius 3 is 2.06 bits per heavy atom. The summed E-state index contributed by atoms with van der Waals surface area (Å²) in [5.41, 5.74) is 1.36. The molecule has 0 fully saturated rings. The summed E-state index contributed by atoms with van der Waals surface area (Å²) in [4.78, 5) is 25.3. The van der Waals surface area contributed by atoms with Crippen LogP contribution in [0.1, 0.15) is 31.8 Å². The van der Waals surface area contributed by atoms with Crippen LogP contribution in [-0.2, 0) is 9.84 Å². The van der Waals surface area contributed by atoms with Crippen molar-refractivity contribution in [2.24, 2.45) is 5.92 Å². The Balaban J connectivity index is 1.90. The maximum absolute atomic E-state index is 14.2. The van der Waals surface area contributed by atoms with E-state index in [1.165, 1.54) is 30.0 Å². The molecule has 3 aromatic rings. The number of rotatable bonds is 9. The van der Waals surface area contributed by atoms with E-state index in [4.69, 9.17) is 5.11 Å². The molecule has 0 spiro atoms. The Kier molecular flexibility index (Phi) is 7.71. The van der Waals surface area contributed by atoms with E-state index in [-0.39, 0.29) is 16.2 Å². The number of benzene rings is 3. The van der Waals surface area contributed by atoms with E-state index in [1.54, 1.807) is 12.1 Å². The summed E-state index contributed by atoms with van der Waals surface area (Å²) in [6, 6.07) is 17.1. The zero-order valence-electron chi connectivity index (χ0n) is 18.1. The third kappa shape index (κ3) is 6.30. The summed E-state index contributed by atoms with van der Waals surface area (Å²) in [5.74, 6) is -4.29. The van der Waals surface area contributed by atoms with Gasteiger partial charge in [0.1, 0.15) is 5.82 Å². The van der Waals surface area contributed by atoms with Crippen LogP contribution in [0, 0.1) is 25.6 Å². The number of Topliss-reactive ketones (excluding diaryl/α,β-unsaturated/α-hetero) is 1. The van der Waals surface area contributed by atoms with Gasteiger partial charge in [-0.05, 0) is 50.2 Å². The molecule has 1 atom stereocenters. The molecule has 8 heteroatoms. The third-order valence-electron chi connectivity index (χ3n) is 5.13. The topological polar surface area (TPSA) is 88.5 Å². The van der Waals surface area contributed by atoms with Crippen LogP contribution in [0.3, 0.4) is 0 Å². The van der Waals surface area contributed by atoms with Crippen LogP contribution in [0.15, 0.2) is 76.5 Å². The normalized spacial score (nSPS) is 12.3. The molecule has 0 saturated heterocycles. The number of thioether (sulfide) groups is 1. The number of aromatic carboxylic acids is 1. The van der Waals surface area contributed by atoms with Gasteiger partial charge in [-0.1, -0.05) is 41.5 Å². The van der Waals surface area contributed by atoms with Crippen LogP contribution in [0.2, 0.25) is 0 Å². The van der Waals surface area contributed by atoms with Gasteiger partial charge < -0.3 is 5.11 Å². The van der Waals surface area contributed by atoms with Crippen molar-refractivity contribution >= 4 is 33.4 Å². The molecule has 1 N–H and O–H groups in total. The van der Waals surface area contributed by atoms with Gasteiger partial charge >= 0.3 is 5.97 Å². The minimum atomic E-state index is -3.79. The van der Waals surface area contributed by atoms with Gasteiger partial charge in [-0.3, -0.25) is 4.79 Å². The number of hydrogen-bond donors (Lipinski definition) is 1. The van der Waals surface area contributed by atoms with Gasteiger partial charge in [-0.25, -0.2) is 17.6 Å². The van der Waals surface area contributed by atoms with Crippen LogP contribution in [-0.4, -0.2) is 36.8 Å². The molecule has 0 saturated carbocycles. The minimum absolute atomic E-state index is 0.0638. The number of hydrogen-bond acceptors (Lipinski definition) is 5. The van der Waals surface area contributed by atoms with Gasteiger partial charge in [-0.2, -0.15) is 0 Å². The first-order valence-corrected chi connectivity index (χ1v) is 12.8. The first-order chi connectivity index (χ1) is 15.6. The summed E-state index contributed by atoms with van der Waals surface area (Å²) in [6.07, 6.45) is 0. The zero-order chi connectivity index (χ0) is 24.2. The highest BCUT2D eigenvalue weighted by Crippen LogP contribution is 2.26. The van der Waals surface area contributed by atoms with E-state index in [0.29, 0.717) is 0 Å². The Hall–Kier alpha value is -2.97. The average molecular weight is 487 g/mol. The van der Waals surface area contributed by atoms with Crippen molar-refractivity contribution in [3.05, 3.63) is 94.8 Å².